The third-order valence-electron chi connectivity index (χ3n) is 16.5. The molecule has 0 saturated heterocycles. The zero-order valence-corrected chi connectivity index (χ0v) is 38.3. The average Bonchev–Trinajstić information content (AvgIpc) is 3.68. The molecule has 9 aromatic carbocycles. The van der Waals surface area contributed by atoms with Crippen LogP contribution < -0.4 is 4.90 Å². The van der Waals surface area contributed by atoms with Crippen molar-refractivity contribution in [1.82, 2.24) is 0 Å². The van der Waals surface area contributed by atoms with E-state index in [0.29, 0.717) is 5.41 Å². The molecular formula is C66H55N. The maximum Gasteiger partial charge on any atom is 0.0714 e. The molecule has 4 bridgehead atoms. The third kappa shape index (κ3) is 6.50. The summed E-state index contributed by atoms with van der Waals surface area (Å²) in [6, 6.07) is 84.4. The van der Waals surface area contributed by atoms with Crippen LogP contribution in [0.4, 0.5) is 17.1 Å². The van der Waals surface area contributed by atoms with Gasteiger partial charge in [0.05, 0.1) is 5.41 Å². The number of hydrogen-bond donors (Lipinski definition) is 0. The second-order valence-electron chi connectivity index (χ2n) is 20.3. The van der Waals surface area contributed by atoms with E-state index in [1.807, 2.05) is 0 Å². The zero-order chi connectivity index (χ0) is 44.5. The molecule has 5 aliphatic carbocycles. The highest BCUT2D eigenvalue weighted by Gasteiger charge is 2.52. The molecule has 9 aromatic rings. The van der Waals surface area contributed by atoms with E-state index in [0.717, 1.165) is 29.1 Å². The Morgan fingerprint density at radius 3 is 1.37 bits per heavy atom. The van der Waals surface area contributed by atoms with Crippen LogP contribution in [0.15, 0.2) is 224 Å². The quantitative estimate of drug-likeness (QED) is 0.140. The van der Waals surface area contributed by atoms with Gasteiger partial charge in [0.2, 0.25) is 0 Å². The zero-order valence-electron chi connectivity index (χ0n) is 38.3. The van der Waals surface area contributed by atoms with Crippen LogP contribution in [0.2, 0.25) is 0 Å². The molecule has 0 aliphatic heterocycles. The molecule has 0 heterocycles. The van der Waals surface area contributed by atoms with E-state index in [1.54, 1.807) is 5.56 Å². The maximum absolute atomic E-state index is 2.52. The SMILES string of the molecule is Cc1cccc2c1-c1ccc(N(c3ccc(-c4ccccc4-c4ccccc4-c4ccccc4)cc3)c3ccc(C45CC6CC(CC(C6)C4)C5)cc3)cc1C2(c1ccccc1)c1ccccc1. The molecule has 5 aliphatic rings. The lowest BCUT2D eigenvalue weighted by atomic mass is 9.48. The summed E-state index contributed by atoms with van der Waals surface area (Å²) in [5.41, 5.74) is 21.5. The number of nitrogens with zero attached hydrogens (tertiary/aromatic N) is 1. The molecular weight excluding hydrogens is 807 g/mol. The summed E-state index contributed by atoms with van der Waals surface area (Å²) in [5, 5.41) is 0. The number of fused-ring (bicyclic) bond motifs is 3. The van der Waals surface area contributed by atoms with Gasteiger partial charge in [-0.05, 0) is 183 Å². The van der Waals surface area contributed by atoms with Crippen molar-refractivity contribution in [2.45, 2.75) is 56.3 Å². The van der Waals surface area contributed by atoms with Gasteiger partial charge < -0.3 is 4.90 Å². The van der Waals surface area contributed by atoms with Gasteiger partial charge in [0.1, 0.15) is 0 Å². The molecule has 0 N–H and O–H groups in total. The van der Waals surface area contributed by atoms with Gasteiger partial charge >= 0.3 is 0 Å². The van der Waals surface area contributed by atoms with Crippen molar-refractivity contribution in [2.75, 3.05) is 4.90 Å². The molecule has 0 radical (unpaired) electrons. The fourth-order valence-corrected chi connectivity index (χ4v) is 14.1. The van der Waals surface area contributed by atoms with E-state index in [1.165, 1.54) is 117 Å². The first-order valence-corrected chi connectivity index (χ1v) is 24.7. The van der Waals surface area contributed by atoms with E-state index >= 15 is 0 Å². The Hall–Kier alpha value is -7.22. The van der Waals surface area contributed by atoms with E-state index in [-0.39, 0.29) is 0 Å². The summed E-state index contributed by atoms with van der Waals surface area (Å²) in [5.74, 6) is 2.73. The third-order valence-corrected chi connectivity index (χ3v) is 16.5. The summed E-state index contributed by atoms with van der Waals surface area (Å²) in [6.45, 7) is 2.28. The molecule has 4 saturated carbocycles. The molecule has 14 rings (SSSR count). The van der Waals surface area contributed by atoms with Crippen LogP contribution in [-0.2, 0) is 10.8 Å². The van der Waals surface area contributed by atoms with E-state index in [9.17, 15) is 0 Å². The van der Waals surface area contributed by atoms with Crippen molar-refractivity contribution >= 4 is 17.1 Å². The van der Waals surface area contributed by atoms with Crippen molar-refractivity contribution in [3.63, 3.8) is 0 Å². The standard InChI is InChI=1S/C66H55N/c1-45-16-15-27-62-64(45)61-37-36-56(41-63(61)66(62,52-19-7-3-8-20-52)53-21-9-4-10-22-53)67(55-34-30-51(31-35-55)65-42-46-38-47(43-65)40-48(39-46)44-65)54-32-28-50(29-33-54)58-24-12-14-26-60(58)59-25-13-11-23-57(59)49-17-5-2-6-18-49/h2-37,41,46-48H,38-40,42-44H2,1H3. The van der Waals surface area contributed by atoms with E-state index < -0.39 is 5.41 Å². The van der Waals surface area contributed by atoms with Gasteiger partial charge in [-0.25, -0.2) is 0 Å². The Labute approximate surface area is 396 Å². The second kappa shape index (κ2) is 16.0. The van der Waals surface area contributed by atoms with Crippen LogP contribution in [0, 0.1) is 24.7 Å². The molecule has 0 amide bonds. The van der Waals surface area contributed by atoms with Crippen molar-refractivity contribution in [2.24, 2.45) is 17.8 Å². The minimum atomic E-state index is -0.493. The number of rotatable bonds is 9. The Bertz CT molecular complexity index is 3180. The van der Waals surface area contributed by atoms with Crippen molar-refractivity contribution in [1.29, 1.82) is 0 Å². The topological polar surface area (TPSA) is 3.24 Å². The van der Waals surface area contributed by atoms with Crippen LogP contribution in [-0.4, -0.2) is 0 Å². The molecule has 324 valence electrons. The van der Waals surface area contributed by atoms with Gasteiger partial charge in [-0.1, -0.05) is 188 Å². The summed E-state index contributed by atoms with van der Waals surface area (Å²) in [4.78, 5) is 2.51. The fourth-order valence-electron chi connectivity index (χ4n) is 14.1. The summed E-state index contributed by atoms with van der Waals surface area (Å²) in [6.07, 6.45) is 8.48. The van der Waals surface area contributed by atoms with Crippen LogP contribution in [0.3, 0.4) is 0 Å². The van der Waals surface area contributed by atoms with Gasteiger partial charge in [0.25, 0.3) is 0 Å². The number of hydrogen-bond acceptors (Lipinski definition) is 1. The lowest BCUT2D eigenvalue weighted by molar-refractivity contribution is -0.00518. The Morgan fingerprint density at radius 1 is 0.358 bits per heavy atom. The molecule has 0 aromatic heterocycles. The normalized spacial score (nSPS) is 20.6. The Kier molecular flexibility index (Phi) is 9.57. The number of aryl methyl sites for hydroxylation is 1. The van der Waals surface area contributed by atoms with Crippen molar-refractivity contribution < 1.29 is 0 Å². The Balaban J connectivity index is 0.969. The minimum absolute atomic E-state index is 0.342. The molecule has 0 atom stereocenters. The maximum atomic E-state index is 2.52. The molecule has 0 unspecified atom stereocenters. The summed E-state index contributed by atoms with van der Waals surface area (Å²) in [7, 11) is 0. The van der Waals surface area contributed by atoms with E-state index in [2.05, 4.69) is 236 Å². The summed E-state index contributed by atoms with van der Waals surface area (Å²) < 4.78 is 0. The molecule has 1 nitrogen and oxygen atoms in total. The van der Waals surface area contributed by atoms with Crippen LogP contribution >= 0.6 is 0 Å². The molecule has 67 heavy (non-hydrogen) atoms. The van der Waals surface area contributed by atoms with Crippen molar-refractivity contribution in [3.05, 3.63) is 258 Å². The molecule has 1 heteroatoms. The highest BCUT2D eigenvalue weighted by atomic mass is 15.1. The molecule has 4 fully saturated rings. The van der Waals surface area contributed by atoms with Crippen molar-refractivity contribution in [3.8, 4) is 44.5 Å². The van der Waals surface area contributed by atoms with Gasteiger partial charge in [0.15, 0.2) is 0 Å². The van der Waals surface area contributed by atoms with Gasteiger partial charge in [0, 0.05) is 17.1 Å². The van der Waals surface area contributed by atoms with Crippen LogP contribution in [0.1, 0.15) is 71.9 Å². The highest BCUT2D eigenvalue weighted by molar-refractivity contribution is 5.93. The Morgan fingerprint density at radius 2 is 0.821 bits per heavy atom. The van der Waals surface area contributed by atoms with Gasteiger partial charge in [-0.15, -0.1) is 0 Å². The first-order chi connectivity index (χ1) is 33.1. The lowest BCUT2D eigenvalue weighted by Crippen LogP contribution is -2.48. The summed E-state index contributed by atoms with van der Waals surface area (Å²) >= 11 is 0. The van der Waals surface area contributed by atoms with Gasteiger partial charge in [-0.2, -0.15) is 0 Å². The first-order valence-electron chi connectivity index (χ1n) is 24.7. The van der Waals surface area contributed by atoms with Crippen LogP contribution in [0.5, 0.6) is 0 Å². The first kappa shape index (κ1) is 40.1. The van der Waals surface area contributed by atoms with E-state index in [4.69, 9.17) is 0 Å². The monoisotopic (exact) mass is 861 g/mol. The predicted molar refractivity (Wildman–Crippen MR) is 279 cm³/mol. The average molecular weight is 862 g/mol. The predicted octanol–water partition coefficient (Wildman–Crippen LogP) is 17.3. The molecule has 0 spiro atoms. The second-order valence-corrected chi connectivity index (χ2v) is 20.3. The number of benzene rings is 9. The lowest BCUT2D eigenvalue weighted by Gasteiger charge is -2.57. The minimum Gasteiger partial charge on any atom is -0.310 e. The van der Waals surface area contributed by atoms with Gasteiger partial charge in [-0.3, -0.25) is 0 Å². The highest BCUT2D eigenvalue weighted by Crippen LogP contribution is 2.61. The largest absolute Gasteiger partial charge is 0.310 e. The number of anilines is 3. The smallest absolute Gasteiger partial charge is 0.0714 e. The van der Waals surface area contributed by atoms with Crippen LogP contribution in [0.25, 0.3) is 44.5 Å². The fraction of sp³-hybridized carbons (Fsp3) is 0.182.